The number of carbonyl (C=O) groups excluding carboxylic acids is 2. The molecule has 0 aliphatic carbocycles. The molecule has 1 amide bonds. The Morgan fingerprint density at radius 3 is 2.40 bits per heavy atom. The molecule has 0 aromatic carbocycles. The summed E-state index contributed by atoms with van der Waals surface area (Å²) in [6.07, 6.45) is 0. The number of carbonyl (C=O) groups is 2. The molecule has 2 N–H and O–H groups in total. The normalized spacial score (nSPS) is 13.2. The van der Waals surface area contributed by atoms with Gasteiger partial charge in [-0.25, -0.2) is 13.1 Å². The summed E-state index contributed by atoms with van der Waals surface area (Å²) in [6.45, 7) is 3.12. The van der Waals surface area contributed by atoms with Crippen LogP contribution < -0.4 is 15.1 Å². The molecule has 0 fully saturated rings. The van der Waals surface area contributed by atoms with E-state index in [1.165, 1.54) is 18.5 Å². The van der Waals surface area contributed by atoms with Gasteiger partial charge in [-0.2, -0.15) is 0 Å². The molecule has 0 bridgehead atoms. The first-order valence-corrected chi connectivity index (χ1v) is 8.09. The summed E-state index contributed by atoms with van der Waals surface area (Å²) in [5.41, 5.74) is 0. The van der Waals surface area contributed by atoms with Gasteiger partial charge in [0.15, 0.2) is 0 Å². The molecule has 0 aliphatic rings. The number of aliphatic carboxylic acids is 1. The van der Waals surface area contributed by atoms with Crippen molar-refractivity contribution in [1.29, 1.82) is 0 Å². The number of amides is 1. The molecular formula is C11H15N2O5S2-. The molecule has 0 saturated heterocycles. The highest BCUT2D eigenvalue weighted by Crippen LogP contribution is 2.20. The predicted octanol–water partition coefficient (Wildman–Crippen LogP) is -0.839. The smallest absolute Gasteiger partial charge is 0.261 e. The number of carboxylic acid groups (broad SMARTS) is 1. The zero-order valence-corrected chi connectivity index (χ0v) is 12.8. The molecular weight excluding hydrogens is 304 g/mol. The summed E-state index contributed by atoms with van der Waals surface area (Å²) in [5, 5.41) is 14.6. The van der Waals surface area contributed by atoms with Crippen LogP contribution in [0, 0.1) is 5.92 Å². The lowest BCUT2D eigenvalue weighted by atomic mass is 10.1. The van der Waals surface area contributed by atoms with E-state index in [0.29, 0.717) is 0 Å². The highest BCUT2D eigenvalue weighted by Gasteiger charge is 2.25. The standard InChI is InChI=1S/C11H16N2O5S2/c1-6(2)9(11(15)16)13-20(17,18)7-4-8(19-5-7)10(14)12-3/h4-6,9,13H,1-3H3,(H,12,14)(H,15,16)/p-1/t9-/m0/s1. The van der Waals surface area contributed by atoms with Crippen LogP contribution in [0.15, 0.2) is 16.3 Å². The van der Waals surface area contributed by atoms with Gasteiger partial charge in [0.25, 0.3) is 5.91 Å². The summed E-state index contributed by atoms with van der Waals surface area (Å²) in [7, 11) is -2.58. The van der Waals surface area contributed by atoms with Crippen molar-refractivity contribution in [2.45, 2.75) is 24.8 Å². The zero-order valence-electron chi connectivity index (χ0n) is 11.2. The predicted molar refractivity (Wildman–Crippen MR) is 71.7 cm³/mol. The van der Waals surface area contributed by atoms with Crippen LogP contribution >= 0.6 is 11.3 Å². The van der Waals surface area contributed by atoms with E-state index < -0.39 is 33.9 Å². The van der Waals surface area contributed by atoms with Crippen LogP contribution in [0.4, 0.5) is 0 Å². The van der Waals surface area contributed by atoms with Gasteiger partial charge in [0, 0.05) is 12.4 Å². The Morgan fingerprint density at radius 2 is 1.95 bits per heavy atom. The third-order valence-electron chi connectivity index (χ3n) is 2.54. The highest BCUT2D eigenvalue weighted by atomic mass is 32.2. The van der Waals surface area contributed by atoms with E-state index in [0.717, 1.165) is 11.3 Å². The Balaban J connectivity index is 3.02. The van der Waals surface area contributed by atoms with E-state index in [-0.39, 0.29) is 9.77 Å². The molecule has 0 unspecified atom stereocenters. The first-order valence-electron chi connectivity index (χ1n) is 5.73. The Morgan fingerprint density at radius 1 is 1.35 bits per heavy atom. The minimum atomic E-state index is -4.01. The van der Waals surface area contributed by atoms with Crippen molar-refractivity contribution in [3.8, 4) is 0 Å². The number of carboxylic acids is 1. The van der Waals surface area contributed by atoms with Crippen LogP contribution in [0.5, 0.6) is 0 Å². The van der Waals surface area contributed by atoms with Crippen molar-refractivity contribution in [2.24, 2.45) is 5.92 Å². The zero-order chi connectivity index (χ0) is 15.5. The van der Waals surface area contributed by atoms with E-state index >= 15 is 0 Å². The van der Waals surface area contributed by atoms with Crippen LogP contribution in [0.2, 0.25) is 0 Å². The van der Waals surface area contributed by atoms with E-state index in [9.17, 15) is 23.1 Å². The Hall–Kier alpha value is -1.45. The van der Waals surface area contributed by atoms with Gasteiger partial charge in [-0.1, -0.05) is 13.8 Å². The average Bonchev–Trinajstić information content (AvgIpc) is 2.84. The second-order valence-electron chi connectivity index (χ2n) is 4.39. The second-order valence-corrected chi connectivity index (χ2v) is 7.01. The Kier molecular flexibility index (Phi) is 5.26. The topological polar surface area (TPSA) is 115 Å². The van der Waals surface area contributed by atoms with Crippen LogP contribution in [-0.2, 0) is 14.8 Å². The molecule has 9 heteroatoms. The van der Waals surface area contributed by atoms with Crippen molar-refractivity contribution in [2.75, 3.05) is 7.05 Å². The molecule has 1 atom stereocenters. The summed E-state index contributed by atoms with van der Waals surface area (Å²) in [6, 6.07) is -0.137. The third kappa shape index (κ3) is 3.78. The van der Waals surface area contributed by atoms with Gasteiger partial charge in [0.2, 0.25) is 10.0 Å². The number of thiophene rings is 1. The van der Waals surface area contributed by atoms with Crippen molar-refractivity contribution in [3.63, 3.8) is 0 Å². The van der Waals surface area contributed by atoms with Gasteiger partial charge in [-0.3, -0.25) is 4.79 Å². The molecule has 0 radical (unpaired) electrons. The lowest BCUT2D eigenvalue weighted by Crippen LogP contribution is -2.50. The first-order chi connectivity index (χ1) is 9.19. The van der Waals surface area contributed by atoms with Gasteiger partial charge in [-0.15, -0.1) is 11.3 Å². The van der Waals surface area contributed by atoms with E-state index in [1.54, 1.807) is 13.8 Å². The molecule has 0 aliphatic heterocycles. The quantitative estimate of drug-likeness (QED) is 0.709. The fourth-order valence-electron chi connectivity index (χ4n) is 1.39. The van der Waals surface area contributed by atoms with Gasteiger partial charge >= 0.3 is 0 Å². The largest absolute Gasteiger partial charge is 0.548 e. The van der Waals surface area contributed by atoms with E-state index in [2.05, 4.69) is 10.0 Å². The van der Waals surface area contributed by atoms with Crippen LogP contribution in [0.3, 0.4) is 0 Å². The SMILES string of the molecule is CNC(=O)c1cc(S(=O)(=O)N[C@H](C(=O)[O-])C(C)C)cs1. The second kappa shape index (κ2) is 6.33. The summed E-state index contributed by atoms with van der Waals surface area (Å²) in [4.78, 5) is 22.4. The Bertz CT molecular complexity index is 606. The number of sulfonamides is 1. The fourth-order valence-corrected chi connectivity index (χ4v) is 3.95. The molecule has 7 nitrogen and oxygen atoms in total. The molecule has 1 aromatic heterocycles. The minimum Gasteiger partial charge on any atom is -0.548 e. The summed E-state index contributed by atoms with van der Waals surface area (Å²) in [5.74, 6) is -2.37. The van der Waals surface area contributed by atoms with Crippen molar-refractivity contribution in [3.05, 3.63) is 16.3 Å². The highest BCUT2D eigenvalue weighted by molar-refractivity contribution is 7.89. The molecule has 0 spiro atoms. The monoisotopic (exact) mass is 319 g/mol. The summed E-state index contributed by atoms with van der Waals surface area (Å²) < 4.78 is 26.2. The number of rotatable bonds is 6. The van der Waals surface area contributed by atoms with Crippen LogP contribution in [-0.4, -0.2) is 33.4 Å². The fraction of sp³-hybridized carbons (Fsp3) is 0.455. The Labute approximate surface area is 121 Å². The number of hydrogen-bond donors (Lipinski definition) is 2. The minimum absolute atomic E-state index is 0.145. The van der Waals surface area contributed by atoms with Crippen molar-refractivity contribution < 1.29 is 23.1 Å². The lowest BCUT2D eigenvalue weighted by Gasteiger charge is -2.22. The lowest BCUT2D eigenvalue weighted by molar-refractivity contribution is -0.309. The maximum absolute atomic E-state index is 12.0. The molecule has 1 heterocycles. The van der Waals surface area contributed by atoms with E-state index in [4.69, 9.17) is 0 Å². The van der Waals surface area contributed by atoms with Gasteiger partial charge in [0.05, 0.1) is 21.8 Å². The molecule has 20 heavy (non-hydrogen) atoms. The average molecular weight is 319 g/mol. The van der Waals surface area contributed by atoms with Gasteiger partial charge in [-0.05, 0) is 12.0 Å². The number of hydrogen-bond acceptors (Lipinski definition) is 6. The van der Waals surface area contributed by atoms with Gasteiger partial charge in [0.1, 0.15) is 0 Å². The molecule has 0 saturated carbocycles. The molecule has 112 valence electrons. The van der Waals surface area contributed by atoms with E-state index in [1.807, 2.05) is 0 Å². The number of nitrogens with one attached hydrogen (secondary N) is 2. The van der Waals surface area contributed by atoms with Gasteiger partial charge < -0.3 is 15.2 Å². The molecule has 1 rings (SSSR count). The van der Waals surface area contributed by atoms with Crippen LogP contribution in [0.1, 0.15) is 23.5 Å². The maximum atomic E-state index is 12.0. The first kappa shape index (κ1) is 16.6. The maximum Gasteiger partial charge on any atom is 0.261 e. The third-order valence-corrected chi connectivity index (χ3v) is 5.04. The van der Waals surface area contributed by atoms with Crippen molar-refractivity contribution >= 4 is 33.2 Å². The van der Waals surface area contributed by atoms with Crippen LogP contribution in [0.25, 0.3) is 0 Å². The van der Waals surface area contributed by atoms with Crippen molar-refractivity contribution in [1.82, 2.24) is 10.0 Å². The molecule has 1 aromatic rings. The summed E-state index contributed by atoms with van der Waals surface area (Å²) >= 11 is 0.959.